The third-order valence-electron chi connectivity index (χ3n) is 2.49. The van der Waals surface area contributed by atoms with Crippen molar-refractivity contribution < 1.29 is 52.7 Å². The second-order valence-electron chi connectivity index (χ2n) is 4.88. The molecular formula is C12H8F12N2S2. The van der Waals surface area contributed by atoms with Gasteiger partial charge in [-0.25, -0.2) is 0 Å². The first-order valence-electron chi connectivity index (χ1n) is 6.65. The van der Waals surface area contributed by atoms with Gasteiger partial charge in [0.15, 0.2) is 0 Å². The highest BCUT2D eigenvalue weighted by Crippen LogP contribution is 2.47. The van der Waals surface area contributed by atoms with Gasteiger partial charge in [0.1, 0.15) is 13.1 Å². The number of anilines is 2. The molecule has 0 saturated carbocycles. The van der Waals surface area contributed by atoms with Crippen LogP contribution >= 0.6 is 23.5 Å². The summed E-state index contributed by atoms with van der Waals surface area (Å²) in [5.41, 5.74) is -12.0. The minimum atomic E-state index is -5.07. The van der Waals surface area contributed by atoms with Crippen LogP contribution in [0.1, 0.15) is 0 Å². The van der Waals surface area contributed by atoms with Crippen LogP contribution in [0.4, 0.5) is 64.1 Å². The Bertz CT molecular complexity index is 610. The highest BCUT2D eigenvalue weighted by atomic mass is 32.2. The number of benzene rings is 1. The lowest BCUT2D eigenvalue weighted by Crippen LogP contribution is -2.23. The number of nitrogens with one attached hydrogen (secondary N) is 2. The third kappa shape index (κ3) is 10.3. The van der Waals surface area contributed by atoms with Crippen LogP contribution in [0.5, 0.6) is 0 Å². The van der Waals surface area contributed by atoms with Crippen molar-refractivity contribution >= 4 is 34.9 Å². The van der Waals surface area contributed by atoms with E-state index in [4.69, 9.17) is 0 Å². The van der Waals surface area contributed by atoms with Crippen LogP contribution in [0.2, 0.25) is 0 Å². The lowest BCUT2D eigenvalue weighted by atomic mass is 10.2. The maximum absolute atomic E-state index is 12.6. The number of thioether (sulfide) groups is 2. The zero-order chi connectivity index (χ0) is 22.0. The van der Waals surface area contributed by atoms with Gasteiger partial charge < -0.3 is 10.6 Å². The first-order chi connectivity index (χ1) is 12.3. The van der Waals surface area contributed by atoms with E-state index < -0.39 is 81.1 Å². The molecule has 28 heavy (non-hydrogen) atoms. The van der Waals surface area contributed by atoms with Gasteiger partial charge in [0, 0.05) is 9.79 Å². The molecule has 0 atom stereocenters. The Morgan fingerprint density at radius 1 is 0.571 bits per heavy atom. The molecule has 0 saturated heterocycles. The SMILES string of the molecule is FC(F)(F)CNc1cc(NCC(F)(F)F)c(SC(F)(F)F)cc1SC(F)(F)F. The summed E-state index contributed by atoms with van der Waals surface area (Å²) in [6.07, 6.45) is -9.81. The molecule has 16 heteroatoms. The highest BCUT2D eigenvalue weighted by molar-refractivity contribution is 8.01. The van der Waals surface area contributed by atoms with Gasteiger partial charge in [-0.3, -0.25) is 0 Å². The summed E-state index contributed by atoms with van der Waals surface area (Å²) < 4.78 is 149. The molecule has 1 aromatic carbocycles. The van der Waals surface area contributed by atoms with Gasteiger partial charge in [-0.1, -0.05) is 0 Å². The van der Waals surface area contributed by atoms with E-state index in [0.717, 1.165) is 0 Å². The van der Waals surface area contributed by atoms with Crippen molar-refractivity contribution in [2.45, 2.75) is 33.2 Å². The van der Waals surface area contributed by atoms with E-state index in [2.05, 4.69) is 0 Å². The van der Waals surface area contributed by atoms with Crippen molar-refractivity contribution in [3.05, 3.63) is 12.1 Å². The van der Waals surface area contributed by atoms with E-state index in [1.807, 2.05) is 0 Å². The van der Waals surface area contributed by atoms with Crippen molar-refractivity contribution in [1.29, 1.82) is 0 Å². The standard InChI is InChI=1S/C12H8F12N2S2/c13-9(14,15)3-25-5-1-6(26-4-10(16,17)18)8(28-12(22,23)24)2-7(5)27-11(19,20)21/h1-2,25-26H,3-4H2. The van der Waals surface area contributed by atoms with Gasteiger partial charge in [0.05, 0.1) is 11.4 Å². The molecule has 0 aliphatic heterocycles. The summed E-state index contributed by atoms with van der Waals surface area (Å²) in [5.74, 6) is 0. The fourth-order valence-corrected chi connectivity index (χ4v) is 3.06. The summed E-state index contributed by atoms with van der Waals surface area (Å²) in [4.78, 5) is -2.14. The molecule has 0 spiro atoms. The monoisotopic (exact) mass is 472 g/mol. The van der Waals surface area contributed by atoms with Crippen LogP contribution in [-0.2, 0) is 0 Å². The second-order valence-corrected chi connectivity index (χ2v) is 7.09. The van der Waals surface area contributed by atoms with E-state index in [1.165, 1.54) is 0 Å². The van der Waals surface area contributed by atoms with Crippen molar-refractivity contribution in [3.8, 4) is 0 Å². The fraction of sp³-hybridized carbons (Fsp3) is 0.500. The fourth-order valence-electron chi connectivity index (χ4n) is 1.65. The molecule has 0 heterocycles. The van der Waals surface area contributed by atoms with Crippen LogP contribution in [0.25, 0.3) is 0 Å². The minimum Gasteiger partial charge on any atom is -0.375 e. The van der Waals surface area contributed by atoms with Crippen LogP contribution in [0.3, 0.4) is 0 Å². The summed E-state index contributed by atoms with van der Waals surface area (Å²) in [6.45, 7) is -3.72. The van der Waals surface area contributed by atoms with Crippen molar-refractivity contribution in [2.75, 3.05) is 23.7 Å². The molecule has 0 aliphatic rings. The highest BCUT2D eigenvalue weighted by Gasteiger charge is 2.36. The van der Waals surface area contributed by atoms with Crippen LogP contribution in [0, 0.1) is 0 Å². The van der Waals surface area contributed by atoms with Crippen molar-refractivity contribution in [1.82, 2.24) is 0 Å². The average Bonchev–Trinajstić information content (AvgIpc) is 2.39. The summed E-state index contributed by atoms with van der Waals surface area (Å²) in [7, 11) is 0. The van der Waals surface area contributed by atoms with E-state index in [-0.39, 0.29) is 6.07 Å². The summed E-state index contributed by atoms with van der Waals surface area (Å²) >= 11 is -2.02. The zero-order valence-electron chi connectivity index (χ0n) is 12.9. The maximum Gasteiger partial charge on any atom is 0.446 e. The van der Waals surface area contributed by atoms with Crippen LogP contribution in [0.15, 0.2) is 21.9 Å². The Morgan fingerprint density at radius 3 is 1.14 bits per heavy atom. The number of hydrogen-bond donors (Lipinski definition) is 2. The molecule has 0 fully saturated rings. The molecule has 0 unspecified atom stereocenters. The Kier molecular flexibility index (Phi) is 7.58. The molecule has 0 aromatic heterocycles. The van der Waals surface area contributed by atoms with Gasteiger partial charge in [-0.15, -0.1) is 0 Å². The molecule has 0 bridgehead atoms. The molecule has 0 radical (unpaired) electrons. The molecule has 1 aromatic rings. The van der Waals surface area contributed by atoms with E-state index in [1.54, 1.807) is 10.6 Å². The van der Waals surface area contributed by atoms with Gasteiger partial charge in [0.2, 0.25) is 0 Å². The number of rotatable bonds is 6. The molecule has 0 amide bonds. The van der Waals surface area contributed by atoms with Crippen molar-refractivity contribution in [2.24, 2.45) is 0 Å². The molecule has 0 aliphatic carbocycles. The Labute approximate surface area is 157 Å². The average molecular weight is 472 g/mol. The smallest absolute Gasteiger partial charge is 0.375 e. The summed E-state index contributed by atoms with van der Waals surface area (Å²) in [6, 6.07) is 0.549. The maximum atomic E-state index is 12.6. The quantitative estimate of drug-likeness (QED) is 0.349. The Morgan fingerprint density at radius 2 is 0.893 bits per heavy atom. The molecular weight excluding hydrogens is 464 g/mol. The van der Waals surface area contributed by atoms with Gasteiger partial charge in [-0.2, -0.15) is 52.7 Å². The van der Waals surface area contributed by atoms with E-state index in [0.29, 0.717) is 6.07 Å². The van der Waals surface area contributed by atoms with Crippen molar-refractivity contribution in [3.63, 3.8) is 0 Å². The normalized spacial score (nSPS) is 13.6. The van der Waals surface area contributed by atoms with Gasteiger partial charge in [0.25, 0.3) is 0 Å². The predicted octanol–water partition coefficient (Wildman–Crippen LogP) is 6.86. The lowest BCUT2D eigenvalue weighted by Gasteiger charge is -2.20. The van der Waals surface area contributed by atoms with E-state index >= 15 is 0 Å². The largest absolute Gasteiger partial charge is 0.446 e. The third-order valence-corrected chi connectivity index (χ3v) is 4.07. The first kappa shape index (κ1) is 24.7. The molecule has 2 N–H and O–H groups in total. The topological polar surface area (TPSA) is 24.1 Å². The second kappa shape index (κ2) is 8.59. The molecule has 1 rings (SSSR count). The predicted molar refractivity (Wildman–Crippen MR) is 79.4 cm³/mol. The first-order valence-corrected chi connectivity index (χ1v) is 8.29. The Hall–Kier alpha value is -1.32. The number of halogens is 12. The minimum absolute atomic E-state index is 0.216. The number of hydrogen-bond acceptors (Lipinski definition) is 4. The van der Waals surface area contributed by atoms with E-state index in [9.17, 15) is 52.7 Å². The van der Waals surface area contributed by atoms with Crippen LogP contribution < -0.4 is 10.6 Å². The Balaban J connectivity index is 3.39. The van der Waals surface area contributed by atoms with Gasteiger partial charge >= 0.3 is 23.4 Å². The van der Waals surface area contributed by atoms with Gasteiger partial charge in [-0.05, 0) is 35.7 Å². The zero-order valence-corrected chi connectivity index (χ0v) is 14.6. The van der Waals surface area contributed by atoms with Crippen LogP contribution in [-0.4, -0.2) is 36.5 Å². The molecule has 2 nitrogen and oxygen atoms in total. The number of alkyl halides is 12. The summed E-state index contributed by atoms with van der Waals surface area (Å²) in [5, 5.41) is 3.09. The lowest BCUT2D eigenvalue weighted by molar-refractivity contribution is -0.115. The molecule has 162 valence electrons.